The van der Waals surface area contributed by atoms with Crippen molar-refractivity contribution in [2.75, 3.05) is 5.32 Å². The van der Waals surface area contributed by atoms with Gasteiger partial charge in [-0.3, -0.25) is 25.2 Å². The number of non-ortho nitro benzene ring substituents is 1. The minimum absolute atomic E-state index is 0.0576. The number of aromatic nitrogens is 1. The van der Waals surface area contributed by atoms with Crippen molar-refractivity contribution in [1.29, 1.82) is 0 Å². The molecule has 8 heteroatoms. The van der Waals surface area contributed by atoms with Crippen LogP contribution in [0.5, 0.6) is 0 Å². The van der Waals surface area contributed by atoms with E-state index >= 15 is 0 Å². The zero-order chi connectivity index (χ0) is 19.9. The van der Waals surface area contributed by atoms with Crippen molar-refractivity contribution >= 4 is 33.2 Å². The van der Waals surface area contributed by atoms with E-state index in [0.717, 1.165) is 11.3 Å². The minimum atomic E-state index is -0.620. The van der Waals surface area contributed by atoms with Crippen molar-refractivity contribution < 1.29 is 9.72 Å². The molecule has 1 unspecified atom stereocenters. The Bertz CT molecular complexity index is 968. The Morgan fingerprint density at radius 2 is 1.86 bits per heavy atom. The number of hydrogen-bond donors (Lipinski definition) is 2. The van der Waals surface area contributed by atoms with Crippen LogP contribution < -0.4 is 10.6 Å². The number of halogens is 1. The van der Waals surface area contributed by atoms with Crippen LogP contribution in [0.2, 0.25) is 0 Å². The third kappa shape index (κ3) is 4.99. The Kier molecular flexibility index (Phi) is 6.46. The predicted molar refractivity (Wildman–Crippen MR) is 110 cm³/mol. The molecule has 1 aromatic heterocycles. The van der Waals surface area contributed by atoms with Crippen molar-refractivity contribution in [3.8, 4) is 0 Å². The third-order valence-electron chi connectivity index (χ3n) is 4.03. The van der Waals surface area contributed by atoms with E-state index in [4.69, 9.17) is 0 Å². The number of nitrogens with one attached hydrogen (secondary N) is 2. The Balaban J connectivity index is 1.79. The molecule has 1 atom stereocenters. The Morgan fingerprint density at radius 3 is 2.50 bits per heavy atom. The highest BCUT2D eigenvalue weighted by molar-refractivity contribution is 9.10. The molecule has 2 N–H and O–H groups in total. The van der Waals surface area contributed by atoms with Gasteiger partial charge in [0.2, 0.25) is 5.91 Å². The summed E-state index contributed by atoms with van der Waals surface area (Å²) in [6.45, 7) is 0.412. The number of carbonyl (C=O) groups is 1. The molecule has 2 aromatic carbocycles. The van der Waals surface area contributed by atoms with Gasteiger partial charge in [0.1, 0.15) is 6.04 Å². The third-order valence-corrected chi connectivity index (χ3v) is 4.69. The van der Waals surface area contributed by atoms with E-state index in [1.807, 2.05) is 48.5 Å². The van der Waals surface area contributed by atoms with Crippen LogP contribution >= 0.6 is 15.9 Å². The molecule has 0 fully saturated rings. The first-order valence-electron chi connectivity index (χ1n) is 8.47. The molecule has 0 saturated carbocycles. The molecule has 142 valence electrons. The van der Waals surface area contributed by atoms with Crippen LogP contribution in [-0.4, -0.2) is 15.8 Å². The maximum atomic E-state index is 13.0. The zero-order valence-corrected chi connectivity index (χ0v) is 16.3. The van der Waals surface area contributed by atoms with Gasteiger partial charge in [0.05, 0.1) is 16.3 Å². The van der Waals surface area contributed by atoms with Crippen LogP contribution in [0.1, 0.15) is 17.3 Å². The first kappa shape index (κ1) is 19.7. The summed E-state index contributed by atoms with van der Waals surface area (Å²) < 4.78 is 0.437. The molecule has 0 spiro atoms. The second-order valence-electron chi connectivity index (χ2n) is 5.96. The first-order chi connectivity index (χ1) is 13.5. The topological polar surface area (TPSA) is 97.2 Å². The standard InChI is InChI=1S/C20H17BrN4O3/c21-17-12-16(25(27)28)9-10-18(17)24-20(26)19(14-6-2-1-3-7-14)23-13-15-8-4-5-11-22-15/h1-12,19,23H,13H2,(H,24,26). The quantitative estimate of drug-likeness (QED) is 0.423. The largest absolute Gasteiger partial charge is 0.323 e. The number of anilines is 1. The fourth-order valence-corrected chi connectivity index (χ4v) is 3.11. The lowest BCUT2D eigenvalue weighted by Crippen LogP contribution is -2.33. The van der Waals surface area contributed by atoms with Crippen LogP contribution in [0.4, 0.5) is 11.4 Å². The Labute approximate surface area is 170 Å². The first-order valence-corrected chi connectivity index (χ1v) is 9.27. The average Bonchev–Trinajstić information content (AvgIpc) is 2.71. The van der Waals surface area contributed by atoms with E-state index in [0.29, 0.717) is 16.7 Å². The zero-order valence-electron chi connectivity index (χ0n) is 14.7. The smallest absolute Gasteiger partial charge is 0.270 e. The molecule has 0 aliphatic heterocycles. The molecule has 0 aliphatic rings. The lowest BCUT2D eigenvalue weighted by atomic mass is 10.1. The van der Waals surface area contributed by atoms with Gasteiger partial charge in [-0.15, -0.1) is 0 Å². The summed E-state index contributed by atoms with van der Waals surface area (Å²) in [5.41, 5.74) is 2.01. The molecule has 0 saturated heterocycles. The monoisotopic (exact) mass is 440 g/mol. The number of nitrogens with zero attached hydrogens (tertiary/aromatic N) is 2. The highest BCUT2D eigenvalue weighted by Crippen LogP contribution is 2.28. The van der Waals surface area contributed by atoms with Gasteiger partial charge in [-0.1, -0.05) is 36.4 Å². The number of benzene rings is 2. The van der Waals surface area contributed by atoms with Gasteiger partial charge < -0.3 is 5.32 Å². The fourth-order valence-electron chi connectivity index (χ4n) is 2.64. The highest BCUT2D eigenvalue weighted by Gasteiger charge is 2.21. The van der Waals surface area contributed by atoms with Gasteiger partial charge in [-0.25, -0.2) is 0 Å². The van der Waals surface area contributed by atoms with E-state index in [2.05, 4.69) is 31.5 Å². The summed E-state index contributed by atoms with van der Waals surface area (Å²) in [5, 5.41) is 16.9. The van der Waals surface area contributed by atoms with Crippen molar-refractivity contribution in [2.24, 2.45) is 0 Å². The predicted octanol–water partition coefficient (Wildman–Crippen LogP) is 4.22. The Hall–Kier alpha value is -3.10. The summed E-state index contributed by atoms with van der Waals surface area (Å²) in [7, 11) is 0. The van der Waals surface area contributed by atoms with Gasteiger partial charge in [-0.2, -0.15) is 0 Å². The van der Waals surface area contributed by atoms with E-state index in [1.165, 1.54) is 18.2 Å². The summed E-state index contributed by atoms with van der Waals surface area (Å²) >= 11 is 3.28. The number of pyridine rings is 1. The Morgan fingerprint density at radius 1 is 1.11 bits per heavy atom. The van der Waals surface area contributed by atoms with E-state index < -0.39 is 11.0 Å². The molecular weight excluding hydrogens is 424 g/mol. The van der Waals surface area contributed by atoms with E-state index in [9.17, 15) is 14.9 Å². The number of nitro benzene ring substituents is 1. The fraction of sp³-hybridized carbons (Fsp3) is 0.100. The van der Waals surface area contributed by atoms with Crippen LogP contribution in [0, 0.1) is 10.1 Å². The highest BCUT2D eigenvalue weighted by atomic mass is 79.9. The van der Waals surface area contributed by atoms with E-state index in [-0.39, 0.29) is 11.6 Å². The maximum absolute atomic E-state index is 13.0. The molecule has 0 aliphatic carbocycles. The van der Waals surface area contributed by atoms with Gasteiger partial charge in [-0.05, 0) is 39.7 Å². The normalized spacial score (nSPS) is 11.6. The van der Waals surface area contributed by atoms with E-state index in [1.54, 1.807) is 6.20 Å². The van der Waals surface area contributed by atoms with Crippen LogP contribution in [0.15, 0.2) is 77.4 Å². The molecule has 3 rings (SSSR count). The number of nitro groups is 1. The van der Waals surface area contributed by atoms with Crippen LogP contribution in [0.3, 0.4) is 0 Å². The SMILES string of the molecule is O=C(Nc1ccc([N+](=O)[O-])cc1Br)C(NCc1ccccn1)c1ccccc1. The van der Waals surface area contributed by atoms with Crippen LogP contribution in [0.25, 0.3) is 0 Å². The number of hydrogen-bond acceptors (Lipinski definition) is 5. The van der Waals surface area contributed by atoms with Gasteiger partial charge in [0, 0.05) is 29.3 Å². The lowest BCUT2D eigenvalue weighted by molar-refractivity contribution is -0.384. The summed E-state index contributed by atoms with van der Waals surface area (Å²) in [6, 6.07) is 18.5. The number of carbonyl (C=O) groups excluding carboxylic acids is 1. The van der Waals surface area contributed by atoms with Gasteiger partial charge in [0.15, 0.2) is 0 Å². The van der Waals surface area contributed by atoms with Gasteiger partial charge >= 0.3 is 0 Å². The molecular formula is C20H17BrN4O3. The van der Waals surface area contributed by atoms with Crippen molar-refractivity contribution in [3.63, 3.8) is 0 Å². The minimum Gasteiger partial charge on any atom is -0.323 e. The molecule has 0 bridgehead atoms. The summed E-state index contributed by atoms with van der Waals surface area (Å²) in [6.07, 6.45) is 1.70. The lowest BCUT2D eigenvalue weighted by Gasteiger charge is -2.19. The molecule has 7 nitrogen and oxygen atoms in total. The molecule has 0 radical (unpaired) electrons. The number of amides is 1. The van der Waals surface area contributed by atoms with Gasteiger partial charge in [0.25, 0.3) is 5.69 Å². The number of rotatable bonds is 7. The summed E-state index contributed by atoms with van der Waals surface area (Å²) in [4.78, 5) is 27.6. The van der Waals surface area contributed by atoms with Crippen molar-refractivity contribution in [1.82, 2.24) is 10.3 Å². The molecule has 1 heterocycles. The second-order valence-corrected chi connectivity index (χ2v) is 6.81. The average molecular weight is 441 g/mol. The molecule has 3 aromatic rings. The maximum Gasteiger partial charge on any atom is 0.270 e. The second kappa shape index (κ2) is 9.20. The van der Waals surface area contributed by atoms with Crippen LogP contribution in [-0.2, 0) is 11.3 Å². The molecule has 1 amide bonds. The summed E-state index contributed by atoms with van der Waals surface area (Å²) in [5.74, 6) is -0.281. The van der Waals surface area contributed by atoms with Crippen molar-refractivity contribution in [3.05, 3.63) is 98.8 Å². The van der Waals surface area contributed by atoms with Crippen molar-refractivity contribution in [2.45, 2.75) is 12.6 Å². The molecule has 28 heavy (non-hydrogen) atoms.